The monoisotopic (exact) mass is 308 g/mol. The molecule has 0 radical (unpaired) electrons. The summed E-state index contributed by atoms with van der Waals surface area (Å²) in [7, 11) is 1.25. The van der Waals surface area contributed by atoms with Gasteiger partial charge in [-0.2, -0.15) is 0 Å². The highest BCUT2D eigenvalue weighted by molar-refractivity contribution is 5.86. The summed E-state index contributed by atoms with van der Waals surface area (Å²) in [6.07, 6.45) is 0.276. The van der Waals surface area contributed by atoms with Gasteiger partial charge < -0.3 is 10.1 Å². The number of methoxy groups -OCH3 is 1. The van der Waals surface area contributed by atoms with Gasteiger partial charge in [-0.15, -0.1) is 0 Å². The lowest BCUT2D eigenvalue weighted by Gasteiger charge is -2.18. The van der Waals surface area contributed by atoms with Crippen molar-refractivity contribution in [2.75, 3.05) is 7.11 Å². The number of rotatable bonds is 7. The Hall–Kier alpha value is -2.44. The van der Waals surface area contributed by atoms with Crippen molar-refractivity contribution in [3.63, 3.8) is 0 Å². The van der Waals surface area contributed by atoms with Crippen LogP contribution in [0.5, 0.6) is 0 Å². The van der Waals surface area contributed by atoms with Crippen molar-refractivity contribution in [1.82, 2.24) is 5.32 Å². The molecule has 7 nitrogen and oxygen atoms in total. The topological polar surface area (TPSA) is 98.5 Å². The van der Waals surface area contributed by atoms with Crippen LogP contribution in [0.3, 0.4) is 0 Å². The van der Waals surface area contributed by atoms with E-state index in [1.54, 1.807) is 6.07 Å². The molecule has 1 aromatic rings. The fraction of sp³-hybridized carbons (Fsp3) is 0.467. The molecular formula is C15H20N2O5. The molecule has 1 rings (SSSR count). The molecule has 1 aromatic carbocycles. The minimum atomic E-state index is -0.750. The summed E-state index contributed by atoms with van der Waals surface area (Å²) < 4.78 is 4.66. The van der Waals surface area contributed by atoms with Gasteiger partial charge in [-0.3, -0.25) is 14.9 Å². The standard InChI is InChI=1S/C15H20N2O5/c1-10(2)8-12(15(19)22-3)16-14(18)9-11-6-4-5-7-13(11)17(20)21/h4-7,10,12H,8-9H2,1-3H3,(H,16,18)/t12-/m1/s1. The Morgan fingerprint density at radius 1 is 1.32 bits per heavy atom. The van der Waals surface area contributed by atoms with Gasteiger partial charge in [0, 0.05) is 11.6 Å². The highest BCUT2D eigenvalue weighted by Crippen LogP contribution is 2.18. The van der Waals surface area contributed by atoms with E-state index in [-0.39, 0.29) is 18.0 Å². The van der Waals surface area contributed by atoms with Crippen LogP contribution in [0.1, 0.15) is 25.8 Å². The number of carbonyl (C=O) groups is 2. The first-order chi connectivity index (χ1) is 10.3. The van der Waals surface area contributed by atoms with Crippen molar-refractivity contribution in [2.24, 2.45) is 5.92 Å². The highest BCUT2D eigenvalue weighted by Gasteiger charge is 2.24. The van der Waals surface area contributed by atoms with Crippen LogP contribution in [0.15, 0.2) is 24.3 Å². The van der Waals surface area contributed by atoms with Gasteiger partial charge in [-0.05, 0) is 12.3 Å². The molecule has 22 heavy (non-hydrogen) atoms. The van der Waals surface area contributed by atoms with Gasteiger partial charge in [-0.1, -0.05) is 32.0 Å². The molecule has 0 bridgehead atoms. The number of ether oxygens (including phenoxy) is 1. The van der Waals surface area contributed by atoms with Gasteiger partial charge in [0.1, 0.15) is 6.04 Å². The van der Waals surface area contributed by atoms with Crippen LogP contribution in [0.4, 0.5) is 5.69 Å². The first kappa shape index (κ1) is 17.6. The molecule has 120 valence electrons. The van der Waals surface area contributed by atoms with Gasteiger partial charge >= 0.3 is 5.97 Å². The summed E-state index contributed by atoms with van der Waals surface area (Å²) in [4.78, 5) is 34.1. The van der Waals surface area contributed by atoms with E-state index in [9.17, 15) is 19.7 Å². The van der Waals surface area contributed by atoms with Crippen LogP contribution in [0.25, 0.3) is 0 Å². The van der Waals surface area contributed by atoms with Crippen molar-refractivity contribution in [3.05, 3.63) is 39.9 Å². The number of hydrogen-bond acceptors (Lipinski definition) is 5. The predicted molar refractivity (Wildman–Crippen MR) is 80.2 cm³/mol. The molecule has 0 spiro atoms. The van der Waals surface area contributed by atoms with Crippen LogP contribution in [-0.2, 0) is 20.7 Å². The van der Waals surface area contributed by atoms with Crippen LogP contribution >= 0.6 is 0 Å². The van der Waals surface area contributed by atoms with Gasteiger partial charge in [0.2, 0.25) is 5.91 Å². The fourth-order valence-corrected chi connectivity index (χ4v) is 2.08. The number of nitrogens with zero attached hydrogens (tertiary/aromatic N) is 1. The predicted octanol–water partition coefficient (Wildman–Crippen LogP) is 1.84. The third-order valence-electron chi connectivity index (χ3n) is 3.07. The Labute approximate surface area is 128 Å². The molecule has 0 aliphatic carbocycles. The molecule has 0 saturated carbocycles. The molecule has 7 heteroatoms. The molecule has 1 amide bonds. The summed E-state index contributed by atoms with van der Waals surface area (Å²) in [5.41, 5.74) is 0.189. The second kappa shape index (κ2) is 8.11. The number of nitro groups is 1. The van der Waals surface area contributed by atoms with Gasteiger partial charge in [-0.25, -0.2) is 4.79 Å². The Morgan fingerprint density at radius 2 is 1.95 bits per heavy atom. The maximum Gasteiger partial charge on any atom is 0.328 e. The van der Waals surface area contributed by atoms with E-state index in [0.717, 1.165) is 0 Å². The summed E-state index contributed by atoms with van der Waals surface area (Å²) in [6.45, 7) is 3.84. The van der Waals surface area contributed by atoms with Crippen molar-refractivity contribution in [3.8, 4) is 0 Å². The van der Waals surface area contributed by atoms with Crippen molar-refractivity contribution < 1.29 is 19.2 Å². The number of para-hydroxylation sites is 1. The van der Waals surface area contributed by atoms with Crippen molar-refractivity contribution >= 4 is 17.6 Å². The number of benzene rings is 1. The van der Waals surface area contributed by atoms with E-state index >= 15 is 0 Å². The number of amides is 1. The van der Waals surface area contributed by atoms with Crippen LogP contribution in [-0.4, -0.2) is 30.0 Å². The second-order valence-corrected chi connectivity index (χ2v) is 5.34. The lowest BCUT2D eigenvalue weighted by atomic mass is 10.0. The average Bonchev–Trinajstić information content (AvgIpc) is 2.45. The summed E-state index contributed by atoms with van der Waals surface area (Å²) in [5, 5.41) is 13.5. The number of nitrogens with one attached hydrogen (secondary N) is 1. The first-order valence-corrected chi connectivity index (χ1v) is 6.94. The number of esters is 1. The second-order valence-electron chi connectivity index (χ2n) is 5.34. The van der Waals surface area contributed by atoms with E-state index in [0.29, 0.717) is 12.0 Å². The Morgan fingerprint density at radius 3 is 2.50 bits per heavy atom. The molecule has 0 aromatic heterocycles. The molecule has 1 N–H and O–H groups in total. The van der Waals surface area contributed by atoms with Crippen LogP contribution < -0.4 is 5.32 Å². The van der Waals surface area contributed by atoms with Gasteiger partial charge in [0.25, 0.3) is 5.69 Å². The molecule has 0 aliphatic rings. The lowest BCUT2D eigenvalue weighted by molar-refractivity contribution is -0.385. The zero-order valence-electron chi connectivity index (χ0n) is 12.9. The molecule has 0 aliphatic heterocycles. The van der Waals surface area contributed by atoms with Crippen LogP contribution in [0.2, 0.25) is 0 Å². The molecule has 0 unspecified atom stereocenters. The number of hydrogen-bond donors (Lipinski definition) is 1. The zero-order valence-corrected chi connectivity index (χ0v) is 12.9. The molecular weight excluding hydrogens is 288 g/mol. The van der Waals surface area contributed by atoms with Crippen molar-refractivity contribution in [1.29, 1.82) is 0 Å². The van der Waals surface area contributed by atoms with E-state index in [1.807, 2.05) is 13.8 Å². The van der Waals surface area contributed by atoms with Gasteiger partial charge in [0.05, 0.1) is 18.5 Å². The minimum absolute atomic E-state index is 0.115. The van der Waals surface area contributed by atoms with E-state index in [4.69, 9.17) is 0 Å². The fourth-order valence-electron chi connectivity index (χ4n) is 2.08. The SMILES string of the molecule is COC(=O)[C@@H](CC(C)C)NC(=O)Cc1ccccc1[N+](=O)[O-]. The molecule has 0 heterocycles. The average molecular weight is 308 g/mol. The van der Waals surface area contributed by atoms with E-state index < -0.39 is 22.8 Å². The zero-order chi connectivity index (χ0) is 16.7. The maximum absolute atomic E-state index is 12.1. The lowest BCUT2D eigenvalue weighted by Crippen LogP contribution is -2.43. The first-order valence-electron chi connectivity index (χ1n) is 6.94. The Bertz CT molecular complexity index is 557. The normalized spacial score (nSPS) is 11.8. The maximum atomic E-state index is 12.1. The number of nitro benzene ring substituents is 1. The Kier molecular flexibility index (Phi) is 6.49. The van der Waals surface area contributed by atoms with Crippen LogP contribution in [0, 0.1) is 16.0 Å². The summed E-state index contributed by atoms with van der Waals surface area (Å²) in [5.74, 6) is -0.787. The molecule has 0 fully saturated rings. The third kappa shape index (κ3) is 5.16. The molecule has 0 saturated heterocycles. The molecule has 1 atom stereocenters. The summed E-state index contributed by atoms with van der Waals surface area (Å²) >= 11 is 0. The summed E-state index contributed by atoms with van der Waals surface area (Å²) in [6, 6.07) is 5.28. The highest BCUT2D eigenvalue weighted by atomic mass is 16.6. The number of carbonyl (C=O) groups excluding carboxylic acids is 2. The van der Waals surface area contributed by atoms with E-state index in [1.165, 1.54) is 25.3 Å². The smallest absolute Gasteiger partial charge is 0.328 e. The van der Waals surface area contributed by atoms with Gasteiger partial charge in [0.15, 0.2) is 0 Å². The quantitative estimate of drug-likeness (QED) is 0.471. The van der Waals surface area contributed by atoms with E-state index in [2.05, 4.69) is 10.1 Å². The minimum Gasteiger partial charge on any atom is -0.467 e. The largest absolute Gasteiger partial charge is 0.467 e. The Balaban J connectivity index is 2.79. The van der Waals surface area contributed by atoms with Crippen molar-refractivity contribution in [2.45, 2.75) is 32.7 Å². The third-order valence-corrected chi connectivity index (χ3v) is 3.07.